The van der Waals surface area contributed by atoms with Crippen molar-refractivity contribution in [2.45, 2.75) is 64.3 Å². The van der Waals surface area contributed by atoms with Crippen LogP contribution >= 0.6 is 11.6 Å². The van der Waals surface area contributed by atoms with E-state index < -0.39 is 24.2 Å². The van der Waals surface area contributed by atoms with Crippen molar-refractivity contribution < 1.29 is 24.2 Å². The molecule has 0 heterocycles. The summed E-state index contributed by atoms with van der Waals surface area (Å²) in [7, 11) is 0. The topological polar surface area (TPSA) is 117 Å². The van der Waals surface area contributed by atoms with Gasteiger partial charge in [-0.3, -0.25) is 9.59 Å². The van der Waals surface area contributed by atoms with E-state index in [9.17, 15) is 19.5 Å². The van der Waals surface area contributed by atoms with Gasteiger partial charge in [0.1, 0.15) is 0 Å². The molecular weight excluding hydrogens is 422 g/mol. The summed E-state index contributed by atoms with van der Waals surface area (Å²) in [5.74, 6) is -1.69. The Morgan fingerprint density at radius 2 is 1.81 bits per heavy atom. The molecule has 1 aromatic rings. The van der Waals surface area contributed by atoms with E-state index in [1.165, 1.54) is 13.0 Å². The fraction of sp³-hybridized carbons (Fsp3) is 0.500. The van der Waals surface area contributed by atoms with Crippen LogP contribution in [0.25, 0.3) is 0 Å². The summed E-state index contributed by atoms with van der Waals surface area (Å²) in [4.78, 5) is 36.1. The Kier molecular flexibility index (Phi) is 9.33. The molecule has 0 saturated carbocycles. The van der Waals surface area contributed by atoms with Crippen LogP contribution in [0.1, 0.15) is 40.0 Å². The van der Waals surface area contributed by atoms with Crippen molar-refractivity contribution in [3.8, 4) is 0 Å². The number of rotatable bonds is 10. The number of aliphatic carboxylic acids is 1. The highest BCUT2D eigenvalue weighted by Crippen LogP contribution is 2.24. The third-order valence-corrected chi connectivity index (χ3v) is 5.39. The Balaban J connectivity index is 2.15. The van der Waals surface area contributed by atoms with E-state index in [0.29, 0.717) is 5.02 Å². The third kappa shape index (κ3) is 7.56. The van der Waals surface area contributed by atoms with E-state index in [1.54, 1.807) is 24.3 Å². The lowest BCUT2D eigenvalue weighted by Crippen LogP contribution is -2.60. The number of ether oxygens (including phenoxy) is 1. The fourth-order valence-corrected chi connectivity index (χ4v) is 3.64. The van der Waals surface area contributed by atoms with Crippen LogP contribution in [0.5, 0.6) is 0 Å². The minimum Gasteiger partial charge on any atom is -0.478 e. The van der Waals surface area contributed by atoms with Crippen molar-refractivity contribution in [1.82, 2.24) is 10.6 Å². The van der Waals surface area contributed by atoms with Gasteiger partial charge in [0.25, 0.3) is 0 Å². The summed E-state index contributed by atoms with van der Waals surface area (Å²) in [6.45, 7) is 5.32. The zero-order chi connectivity index (χ0) is 23.0. The first-order chi connectivity index (χ1) is 14.7. The molecule has 1 aromatic carbocycles. The minimum atomic E-state index is -1.07. The van der Waals surface area contributed by atoms with Gasteiger partial charge in [-0.25, -0.2) is 4.79 Å². The second kappa shape index (κ2) is 11.7. The average Bonchev–Trinajstić information content (AvgIpc) is 2.72. The molecule has 0 fully saturated rings. The molecule has 0 aliphatic heterocycles. The predicted molar refractivity (Wildman–Crippen MR) is 119 cm³/mol. The molecule has 9 heteroatoms. The standard InChI is InChI=1S/C22H30ClN3O5/c1-4-17(5-2)31-19-11-14(22(29)30)10-18(21(19)25-13(3)27)26-20(28)12-24-16-8-6-15(23)7-9-16/h6-9,11,17-19,21,24H,4-5,10,12H2,1-3H3,(H,25,27)(H,26,28)(H,29,30)/t18-,19+,21+/m0/s1. The van der Waals surface area contributed by atoms with Crippen LogP contribution in [0.2, 0.25) is 5.02 Å². The largest absolute Gasteiger partial charge is 0.478 e. The number of nitrogens with one attached hydrogen (secondary N) is 3. The van der Waals surface area contributed by atoms with Crippen molar-refractivity contribution in [3.05, 3.63) is 40.9 Å². The van der Waals surface area contributed by atoms with E-state index in [0.717, 1.165) is 18.5 Å². The summed E-state index contributed by atoms with van der Waals surface area (Å²) >= 11 is 5.86. The van der Waals surface area contributed by atoms with Gasteiger partial charge in [0, 0.05) is 29.6 Å². The highest BCUT2D eigenvalue weighted by Gasteiger charge is 2.38. The zero-order valence-corrected chi connectivity index (χ0v) is 18.7. The van der Waals surface area contributed by atoms with Gasteiger partial charge in [0.15, 0.2) is 0 Å². The molecule has 31 heavy (non-hydrogen) atoms. The number of amides is 2. The summed E-state index contributed by atoms with van der Waals surface area (Å²) in [6, 6.07) is 5.71. The van der Waals surface area contributed by atoms with Crippen molar-refractivity contribution in [3.63, 3.8) is 0 Å². The predicted octanol–water partition coefficient (Wildman–Crippen LogP) is 2.73. The number of carboxylic acids is 1. The maximum absolute atomic E-state index is 12.6. The molecule has 0 aromatic heterocycles. The first-order valence-corrected chi connectivity index (χ1v) is 10.8. The van der Waals surface area contributed by atoms with Crippen LogP contribution in [0.4, 0.5) is 5.69 Å². The number of anilines is 1. The number of carboxylic acid groups (broad SMARTS) is 1. The monoisotopic (exact) mass is 451 g/mol. The number of halogens is 1. The van der Waals surface area contributed by atoms with E-state index >= 15 is 0 Å². The Morgan fingerprint density at radius 3 is 2.35 bits per heavy atom. The summed E-state index contributed by atoms with van der Waals surface area (Å²) in [5.41, 5.74) is 0.871. The molecule has 0 spiro atoms. The second-order valence-corrected chi connectivity index (χ2v) is 7.94. The number of benzene rings is 1. The van der Waals surface area contributed by atoms with Crippen LogP contribution in [0.15, 0.2) is 35.9 Å². The first-order valence-electron chi connectivity index (χ1n) is 10.4. The lowest BCUT2D eigenvalue weighted by molar-refractivity contribution is -0.133. The number of hydrogen-bond donors (Lipinski definition) is 4. The van der Waals surface area contributed by atoms with E-state index in [-0.39, 0.29) is 36.5 Å². The molecule has 0 saturated heterocycles. The summed E-state index contributed by atoms with van der Waals surface area (Å²) < 4.78 is 6.10. The molecule has 170 valence electrons. The highest BCUT2D eigenvalue weighted by molar-refractivity contribution is 6.30. The van der Waals surface area contributed by atoms with Crippen molar-refractivity contribution in [2.75, 3.05) is 11.9 Å². The molecule has 2 rings (SSSR count). The van der Waals surface area contributed by atoms with E-state index in [1.807, 2.05) is 13.8 Å². The van der Waals surface area contributed by atoms with Gasteiger partial charge in [-0.2, -0.15) is 0 Å². The van der Waals surface area contributed by atoms with Crippen LogP contribution < -0.4 is 16.0 Å². The van der Waals surface area contributed by atoms with E-state index in [2.05, 4.69) is 16.0 Å². The molecule has 0 unspecified atom stereocenters. The maximum atomic E-state index is 12.6. The smallest absolute Gasteiger partial charge is 0.331 e. The van der Waals surface area contributed by atoms with Gasteiger partial charge in [-0.05, 0) is 43.2 Å². The SMILES string of the molecule is CCC(CC)O[C@@H]1C=C(C(=O)O)C[C@H](NC(=O)CNc2ccc(Cl)cc2)[C@H]1NC(C)=O. The molecule has 0 bridgehead atoms. The Labute approximate surface area is 187 Å². The minimum absolute atomic E-state index is 0.0187. The number of hydrogen-bond acceptors (Lipinski definition) is 5. The summed E-state index contributed by atoms with van der Waals surface area (Å²) in [6.07, 6.45) is 2.36. The van der Waals surface area contributed by atoms with Crippen LogP contribution in [0.3, 0.4) is 0 Å². The average molecular weight is 452 g/mol. The highest BCUT2D eigenvalue weighted by atomic mass is 35.5. The molecular formula is C22H30ClN3O5. The normalized spacial score (nSPS) is 20.7. The molecule has 1 aliphatic carbocycles. The first kappa shape index (κ1) is 24.7. The molecule has 3 atom stereocenters. The van der Waals surface area contributed by atoms with Gasteiger partial charge in [-0.1, -0.05) is 25.4 Å². The number of carbonyl (C=O) groups excluding carboxylic acids is 2. The second-order valence-electron chi connectivity index (χ2n) is 7.50. The molecule has 2 amide bonds. The fourth-order valence-electron chi connectivity index (χ4n) is 3.51. The van der Waals surface area contributed by atoms with E-state index in [4.69, 9.17) is 16.3 Å². The van der Waals surface area contributed by atoms with Gasteiger partial charge in [0.05, 0.1) is 30.8 Å². The van der Waals surface area contributed by atoms with Gasteiger partial charge < -0.3 is 25.8 Å². The molecule has 4 N–H and O–H groups in total. The van der Waals surface area contributed by atoms with Crippen LogP contribution in [-0.2, 0) is 19.1 Å². The quantitative estimate of drug-likeness (QED) is 0.434. The Hall–Kier alpha value is -2.58. The molecule has 0 radical (unpaired) electrons. The summed E-state index contributed by atoms with van der Waals surface area (Å²) in [5, 5.41) is 18.8. The van der Waals surface area contributed by atoms with Crippen LogP contribution in [0, 0.1) is 0 Å². The zero-order valence-electron chi connectivity index (χ0n) is 18.0. The van der Waals surface area contributed by atoms with Gasteiger partial charge in [0.2, 0.25) is 11.8 Å². The maximum Gasteiger partial charge on any atom is 0.331 e. The lowest BCUT2D eigenvalue weighted by atomic mass is 9.87. The van der Waals surface area contributed by atoms with Crippen molar-refractivity contribution in [1.29, 1.82) is 0 Å². The molecule has 8 nitrogen and oxygen atoms in total. The van der Waals surface area contributed by atoms with Crippen molar-refractivity contribution in [2.24, 2.45) is 0 Å². The number of carbonyl (C=O) groups is 3. The molecule has 1 aliphatic rings. The van der Waals surface area contributed by atoms with Crippen molar-refractivity contribution >= 4 is 35.1 Å². The van der Waals surface area contributed by atoms with Crippen LogP contribution in [-0.4, -0.2) is 53.7 Å². The Bertz CT molecular complexity index is 808. The van der Waals surface area contributed by atoms with Gasteiger partial charge >= 0.3 is 5.97 Å². The Morgan fingerprint density at radius 1 is 1.16 bits per heavy atom. The van der Waals surface area contributed by atoms with Gasteiger partial charge in [-0.15, -0.1) is 0 Å². The third-order valence-electron chi connectivity index (χ3n) is 5.14. The lowest BCUT2D eigenvalue weighted by Gasteiger charge is -2.38.